The molecule has 0 bridgehead atoms. The third kappa shape index (κ3) is 2.82. The molecule has 0 amide bonds. The van der Waals surface area contributed by atoms with E-state index in [2.05, 4.69) is 133 Å². The van der Waals surface area contributed by atoms with Crippen LogP contribution in [0.15, 0.2) is 133 Å². The van der Waals surface area contributed by atoms with Gasteiger partial charge >= 0.3 is 0 Å². The Labute approximate surface area is 209 Å². The van der Waals surface area contributed by atoms with Gasteiger partial charge in [0.05, 0.1) is 0 Å². The van der Waals surface area contributed by atoms with Crippen molar-refractivity contribution < 1.29 is 0 Å². The molecule has 0 spiro atoms. The average Bonchev–Trinajstić information content (AvgIpc) is 2.94. The van der Waals surface area contributed by atoms with Crippen LogP contribution >= 0.6 is 0 Å². The number of benzene rings is 8. The van der Waals surface area contributed by atoms with Crippen molar-refractivity contribution in [3.8, 4) is 11.1 Å². The average molecular weight is 455 g/mol. The minimum atomic E-state index is 1.28. The van der Waals surface area contributed by atoms with Crippen LogP contribution in [0.2, 0.25) is 0 Å². The predicted octanol–water partition coefficient (Wildman–Crippen LogP) is 10.3. The Bertz CT molecular complexity index is 1990. The first-order valence-corrected chi connectivity index (χ1v) is 12.5. The molecule has 0 nitrogen and oxygen atoms in total. The third-order valence-electron chi connectivity index (χ3n) is 7.78. The van der Waals surface area contributed by atoms with Crippen LogP contribution in [-0.2, 0) is 0 Å². The maximum Gasteiger partial charge on any atom is -0.00988 e. The quantitative estimate of drug-likeness (QED) is 0.171. The Hall–Kier alpha value is -4.68. The first-order valence-electron chi connectivity index (χ1n) is 12.5. The molecule has 0 aliphatic rings. The number of fused-ring (bicyclic) bond motifs is 8. The lowest BCUT2D eigenvalue weighted by Crippen LogP contribution is -1.87. The lowest BCUT2D eigenvalue weighted by Gasteiger charge is -2.14. The van der Waals surface area contributed by atoms with Crippen molar-refractivity contribution in [1.29, 1.82) is 0 Å². The van der Waals surface area contributed by atoms with Crippen LogP contribution < -0.4 is 0 Å². The van der Waals surface area contributed by atoms with Gasteiger partial charge in [-0.25, -0.2) is 0 Å². The van der Waals surface area contributed by atoms with Gasteiger partial charge in [0.15, 0.2) is 0 Å². The summed E-state index contributed by atoms with van der Waals surface area (Å²) in [4.78, 5) is 0. The molecule has 0 aromatic heterocycles. The van der Waals surface area contributed by atoms with Crippen LogP contribution in [-0.4, -0.2) is 0 Å². The van der Waals surface area contributed by atoms with E-state index in [0.717, 1.165) is 0 Å². The summed E-state index contributed by atoms with van der Waals surface area (Å²) in [5, 5.41) is 15.5. The van der Waals surface area contributed by atoms with Crippen LogP contribution in [0.1, 0.15) is 0 Å². The van der Waals surface area contributed by atoms with Crippen molar-refractivity contribution in [1.82, 2.24) is 0 Å². The maximum atomic E-state index is 2.37. The molecule has 8 aromatic carbocycles. The van der Waals surface area contributed by atoms with E-state index < -0.39 is 0 Å². The lowest BCUT2D eigenvalue weighted by atomic mass is 9.90. The molecule has 0 saturated heterocycles. The topological polar surface area (TPSA) is 0 Å². The van der Waals surface area contributed by atoms with E-state index in [-0.39, 0.29) is 0 Å². The molecule has 0 radical (unpaired) electrons. The molecular formula is C36H22. The molecule has 0 aliphatic carbocycles. The summed E-state index contributed by atoms with van der Waals surface area (Å²) in [5.41, 5.74) is 2.57. The van der Waals surface area contributed by atoms with E-state index in [9.17, 15) is 0 Å². The highest BCUT2D eigenvalue weighted by Crippen LogP contribution is 2.39. The highest BCUT2D eigenvalue weighted by molar-refractivity contribution is 6.18. The summed E-state index contributed by atoms with van der Waals surface area (Å²) < 4.78 is 0. The highest BCUT2D eigenvalue weighted by Gasteiger charge is 2.11. The van der Waals surface area contributed by atoms with Gasteiger partial charge in [-0.2, -0.15) is 0 Å². The summed E-state index contributed by atoms with van der Waals surface area (Å²) in [5.74, 6) is 0. The van der Waals surface area contributed by atoms with Gasteiger partial charge in [0.1, 0.15) is 0 Å². The van der Waals surface area contributed by atoms with E-state index in [1.165, 1.54) is 75.8 Å². The molecule has 0 saturated carbocycles. The standard InChI is InChI=1S/C36H22/c1-3-11-29-23(7-1)15-17-27-21-35-25(19-33(27)29)9-5-13-31(35)32-14-6-10-26-20-34-28(22-36(26)32)18-16-24-8-2-4-12-30(24)34/h1-22H. The monoisotopic (exact) mass is 454 g/mol. The number of rotatable bonds is 1. The SMILES string of the molecule is c1cc(-c2cccc3cc4c(ccc5ccccc54)cc23)c2cc3ccc4ccccc4c3cc2c1. The fraction of sp³-hybridized carbons (Fsp3) is 0. The largest absolute Gasteiger partial charge is 0.0616 e. The van der Waals surface area contributed by atoms with Crippen LogP contribution in [0, 0.1) is 0 Å². The van der Waals surface area contributed by atoms with Crippen molar-refractivity contribution in [3.05, 3.63) is 133 Å². The predicted molar refractivity (Wildman–Crippen MR) is 157 cm³/mol. The van der Waals surface area contributed by atoms with Crippen LogP contribution in [0.25, 0.3) is 75.8 Å². The van der Waals surface area contributed by atoms with Gasteiger partial charge in [-0.3, -0.25) is 0 Å². The zero-order chi connectivity index (χ0) is 23.6. The number of hydrogen-bond acceptors (Lipinski definition) is 0. The minimum absolute atomic E-state index is 1.28. The second-order valence-electron chi connectivity index (χ2n) is 9.77. The molecule has 0 atom stereocenters. The Morgan fingerprint density at radius 3 is 1.08 bits per heavy atom. The summed E-state index contributed by atoms with van der Waals surface area (Å²) in [7, 11) is 0. The molecule has 0 fully saturated rings. The van der Waals surface area contributed by atoms with E-state index in [0.29, 0.717) is 0 Å². The zero-order valence-corrected chi connectivity index (χ0v) is 19.7. The first kappa shape index (κ1) is 19.6. The van der Waals surface area contributed by atoms with Crippen molar-refractivity contribution >= 4 is 64.6 Å². The van der Waals surface area contributed by atoms with E-state index >= 15 is 0 Å². The zero-order valence-electron chi connectivity index (χ0n) is 19.7. The second kappa shape index (κ2) is 7.41. The molecule has 0 N–H and O–H groups in total. The molecular weight excluding hydrogens is 432 g/mol. The third-order valence-corrected chi connectivity index (χ3v) is 7.78. The molecule has 0 aliphatic heterocycles. The van der Waals surface area contributed by atoms with Gasteiger partial charge in [0.2, 0.25) is 0 Å². The summed E-state index contributed by atoms with van der Waals surface area (Å²) >= 11 is 0. The van der Waals surface area contributed by atoms with Crippen molar-refractivity contribution in [2.24, 2.45) is 0 Å². The van der Waals surface area contributed by atoms with E-state index in [1.807, 2.05) is 0 Å². The van der Waals surface area contributed by atoms with E-state index in [4.69, 9.17) is 0 Å². The van der Waals surface area contributed by atoms with Crippen molar-refractivity contribution in [3.63, 3.8) is 0 Å². The molecule has 8 aromatic rings. The van der Waals surface area contributed by atoms with Gasteiger partial charge in [0.25, 0.3) is 0 Å². The first-order chi connectivity index (χ1) is 17.8. The van der Waals surface area contributed by atoms with Gasteiger partial charge in [-0.15, -0.1) is 0 Å². The smallest absolute Gasteiger partial charge is 0.00988 e. The summed E-state index contributed by atoms with van der Waals surface area (Å²) in [6.07, 6.45) is 0. The Morgan fingerprint density at radius 1 is 0.222 bits per heavy atom. The van der Waals surface area contributed by atoms with Gasteiger partial charge in [-0.05, 0) is 100 Å². The fourth-order valence-corrected chi connectivity index (χ4v) is 6.03. The summed E-state index contributed by atoms with van der Waals surface area (Å²) in [6.45, 7) is 0. The Morgan fingerprint density at radius 2 is 0.583 bits per heavy atom. The maximum absolute atomic E-state index is 2.37. The highest BCUT2D eigenvalue weighted by atomic mass is 14.1. The Kier molecular flexibility index (Phi) is 4.03. The normalized spacial score (nSPS) is 11.9. The van der Waals surface area contributed by atoms with Crippen LogP contribution in [0.3, 0.4) is 0 Å². The van der Waals surface area contributed by atoms with Crippen LogP contribution in [0.4, 0.5) is 0 Å². The molecule has 0 heteroatoms. The van der Waals surface area contributed by atoms with Gasteiger partial charge in [0, 0.05) is 0 Å². The molecule has 0 heterocycles. The fourth-order valence-electron chi connectivity index (χ4n) is 6.03. The second-order valence-corrected chi connectivity index (χ2v) is 9.77. The Balaban J connectivity index is 1.43. The van der Waals surface area contributed by atoms with Crippen molar-refractivity contribution in [2.45, 2.75) is 0 Å². The van der Waals surface area contributed by atoms with Crippen LogP contribution in [0.5, 0.6) is 0 Å². The molecule has 8 rings (SSSR count). The summed E-state index contributed by atoms with van der Waals surface area (Å²) in [6, 6.07) is 49.2. The lowest BCUT2D eigenvalue weighted by molar-refractivity contribution is 1.71. The molecule has 166 valence electrons. The number of hydrogen-bond donors (Lipinski definition) is 0. The van der Waals surface area contributed by atoms with Gasteiger partial charge in [-0.1, -0.05) is 109 Å². The van der Waals surface area contributed by atoms with Crippen molar-refractivity contribution in [2.75, 3.05) is 0 Å². The minimum Gasteiger partial charge on any atom is -0.0616 e. The molecule has 0 unspecified atom stereocenters. The molecule has 36 heavy (non-hydrogen) atoms. The van der Waals surface area contributed by atoms with E-state index in [1.54, 1.807) is 0 Å². The van der Waals surface area contributed by atoms with Gasteiger partial charge < -0.3 is 0 Å².